The number of benzene rings is 2. The van der Waals surface area contributed by atoms with E-state index in [1.165, 1.54) is 16.7 Å². The fourth-order valence-electron chi connectivity index (χ4n) is 3.23. The van der Waals surface area contributed by atoms with Gasteiger partial charge in [0.15, 0.2) is 5.78 Å². The molecule has 1 aliphatic carbocycles. The minimum absolute atomic E-state index is 0.280. The third-order valence-electron chi connectivity index (χ3n) is 4.35. The molecule has 0 N–H and O–H groups in total. The molecule has 1 heteroatoms. The van der Waals surface area contributed by atoms with E-state index in [2.05, 4.69) is 44.2 Å². The summed E-state index contributed by atoms with van der Waals surface area (Å²) in [5.74, 6) is 0.987. The van der Waals surface area contributed by atoms with Gasteiger partial charge in [0.25, 0.3) is 0 Å². The van der Waals surface area contributed by atoms with E-state index in [-0.39, 0.29) is 5.78 Å². The minimum atomic E-state index is 0.280. The Morgan fingerprint density at radius 2 is 1.58 bits per heavy atom. The third-order valence-corrected chi connectivity index (χ3v) is 4.35. The predicted octanol–water partition coefficient (Wildman–Crippen LogP) is 4.47. The molecular weight excluding hydrogens is 232 g/mol. The van der Waals surface area contributed by atoms with E-state index >= 15 is 0 Å². The monoisotopic (exact) mass is 250 g/mol. The van der Waals surface area contributed by atoms with Crippen molar-refractivity contribution in [2.24, 2.45) is 0 Å². The number of fused-ring (bicyclic) bond motifs is 1. The Morgan fingerprint density at radius 3 is 2.32 bits per heavy atom. The number of hydrogen-bond acceptors (Lipinski definition) is 1. The van der Waals surface area contributed by atoms with Crippen molar-refractivity contribution >= 4 is 5.78 Å². The maximum absolute atomic E-state index is 12.3. The zero-order valence-corrected chi connectivity index (χ0v) is 11.4. The standard InChI is InChI=1S/C18H18O/c1-12-7-3-4-8-14(12)17-11-18(19)16-10-6-5-9-15(16)13(17)2/h3-10,13,17H,11H2,1-2H3/t13-,17-/m1/s1. The molecule has 2 atom stereocenters. The average Bonchev–Trinajstić information content (AvgIpc) is 2.44. The molecular formula is C18H18O. The van der Waals surface area contributed by atoms with E-state index < -0.39 is 0 Å². The Bertz CT molecular complexity index is 627. The predicted molar refractivity (Wildman–Crippen MR) is 77.7 cm³/mol. The zero-order chi connectivity index (χ0) is 13.4. The van der Waals surface area contributed by atoms with Crippen molar-refractivity contribution in [3.63, 3.8) is 0 Å². The second kappa shape index (κ2) is 4.65. The molecule has 0 saturated carbocycles. The van der Waals surface area contributed by atoms with E-state index in [4.69, 9.17) is 0 Å². The van der Waals surface area contributed by atoms with Gasteiger partial charge in [-0.1, -0.05) is 55.5 Å². The molecule has 0 spiro atoms. The van der Waals surface area contributed by atoms with Gasteiger partial charge in [0, 0.05) is 12.0 Å². The highest BCUT2D eigenvalue weighted by atomic mass is 16.1. The second-order valence-corrected chi connectivity index (χ2v) is 5.47. The Morgan fingerprint density at radius 1 is 0.947 bits per heavy atom. The summed E-state index contributed by atoms with van der Waals surface area (Å²) in [5, 5.41) is 0. The summed E-state index contributed by atoms with van der Waals surface area (Å²) in [5.41, 5.74) is 4.72. The van der Waals surface area contributed by atoms with Crippen molar-refractivity contribution in [2.75, 3.05) is 0 Å². The van der Waals surface area contributed by atoms with Crippen molar-refractivity contribution in [3.05, 3.63) is 70.8 Å². The van der Waals surface area contributed by atoms with E-state index in [1.807, 2.05) is 18.2 Å². The molecule has 0 fully saturated rings. The first-order chi connectivity index (χ1) is 9.18. The molecule has 2 aromatic rings. The molecule has 96 valence electrons. The Kier molecular flexibility index (Phi) is 2.98. The van der Waals surface area contributed by atoms with Crippen LogP contribution < -0.4 is 0 Å². The molecule has 0 unspecified atom stereocenters. The average molecular weight is 250 g/mol. The molecule has 2 aromatic carbocycles. The smallest absolute Gasteiger partial charge is 0.163 e. The van der Waals surface area contributed by atoms with Crippen LogP contribution >= 0.6 is 0 Å². The van der Waals surface area contributed by atoms with Crippen LogP contribution in [-0.2, 0) is 0 Å². The highest BCUT2D eigenvalue weighted by Crippen LogP contribution is 2.42. The van der Waals surface area contributed by atoms with Crippen LogP contribution in [0.4, 0.5) is 0 Å². The molecule has 19 heavy (non-hydrogen) atoms. The topological polar surface area (TPSA) is 17.1 Å². The number of rotatable bonds is 1. The molecule has 0 aromatic heterocycles. The lowest BCUT2D eigenvalue weighted by Crippen LogP contribution is -2.22. The zero-order valence-electron chi connectivity index (χ0n) is 11.4. The van der Waals surface area contributed by atoms with Gasteiger partial charge < -0.3 is 0 Å². The van der Waals surface area contributed by atoms with Crippen molar-refractivity contribution in [1.29, 1.82) is 0 Å². The number of carbonyl (C=O) groups is 1. The van der Waals surface area contributed by atoms with Gasteiger partial charge in [0.1, 0.15) is 0 Å². The lowest BCUT2D eigenvalue weighted by molar-refractivity contribution is 0.0958. The third kappa shape index (κ3) is 1.99. The largest absolute Gasteiger partial charge is 0.294 e. The fraction of sp³-hybridized carbons (Fsp3) is 0.278. The number of ketones is 1. The van der Waals surface area contributed by atoms with Crippen LogP contribution in [0.3, 0.4) is 0 Å². The summed E-state index contributed by atoms with van der Waals surface area (Å²) in [6, 6.07) is 16.5. The van der Waals surface area contributed by atoms with Crippen LogP contribution in [0.5, 0.6) is 0 Å². The van der Waals surface area contributed by atoms with Crippen LogP contribution in [0.2, 0.25) is 0 Å². The van der Waals surface area contributed by atoms with E-state index in [1.54, 1.807) is 0 Å². The van der Waals surface area contributed by atoms with Gasteiger partial charge >= 0.3 is 0 Å². The highest BCUT2D eigenvalue weighted by Gasteiger charge is 2.32. The SMILES string of the molecule is Cc1ccccc1[C@@H]1CC(=O)c2ccccc2[C@H]1C. The summed E-state index contributed by atoms with van der Waals surface area (Å²) in [6.07, 6.45) is 0.628. The number of aryl methyl sites for hydroxylation is 1. The molecule has 0 aliphatic heterocycles. The van der Waals surface area contributed by atoms with Gasteiger partial charge in [-0.05, 0) is 35.4 Å². The molecule has 1 aliphatic rings. The van der Waals surface area contributed by atoms with Crippen LogP contribution in [-0.4, -0.2) is 5.78 Å². The summed E-state index contributed by atoms with van der Waals surface area (Å²) < 4.78 is 0. The van der Waals surface area contributed by atoms with Crippen LogP contribution in [0.25, 0.3) is 0 Å². The summed E-state index contributed by atoms with van der Waals surface area (Å²) >= 11 is 0. The Hall–Kier alpha value is -1.89. The maximum atomic E-state index is 12.3. The van der Waals surface area contributed by atoms with Gasteiger partial charge in [-0.3, -0.25) is 4.79 Å². The molecule has 0 saturated heterocycles. The normalized spacial score (nSPS) is 22.1. The van der Waals surface area contributed by atoms with Gasteiger partial charge in [0.2, 0.25) is 0 Å². The quantitative estimate of drug-likeness (QED) is 0.730. The summed E-state index contributed by atoms with van der Waals surface area (Å²) in [6.45, 7) is 4.37. The number of carbonyl (C=O) groups excluding carboxylic acids is 1. The minimum Gasteiger partial charge on any atom is -0.294 e. The first-order valence-corrected chi connectivity index (χ1v) is 6.86. The summed E-state index contributed by atoms with van der Waals surface area (Å²) in [7, 11) is 0. The van der Waals surface area contributed by atoms with Crippen LogP contribution in [0, 0.1) is 6.92 Å². The van der Waals surface area contributed by atoms with Crippen LogP contribution in [0.1, 0.15) is 52.2 Å². The highest BCUT2D eigenvalue weighted by molar-refractivity contribution is 5.99. The molecule has 0 radical (unpaired) electrons. The van der Waals surface area contributed by atoms with Gasteiger partial charge in [-0.2, -0.15) is 0 Å². The van der Waals surface area contributed by atoms with Gasteiger partial charge in [-0.25, -0.2) is 0 Å². The summed E-state index contributed by atoms with van der Waals surface area (Å²) in [4.78, 5) is 12.3. The first kappa shape index (κ1) is 12.2. The van der Waals surface area contributed by atoms with Crippen molar-refractivity contribution < 1.29 is 4.79 Å². The number of hydrogen-bond donors (Lipinski definition) is 0. The van der Waals surface area contributed by atoms with E-state index in [0.29, 0.717) is 18.3 Å². The molecule has 0 bridgehead atoms. The van der Waals surface area contributed by atoms with E-state index in [0.717, 1.165) is 5.56 Å². The van der Waals surface area contributed by atoms with Gasteiger partial charge in [-0.15, -0.1) is 0 Å². The lowest BCUT2D eigenvalue weighted by Gasteiger charge is -2.31. The van der Waals surface area contributed by atoms with Crippen LogP contribution in [0.15, 0.2) is 48.5 Å². The Labute approximate surface area is 114 Å². The van der Waals surface area contributed by atoms with Crippen molar-refractivity contribution in [1.82, 2.24) is 0 Å². The van der Waals surface area contributed by atoms with E-state index in [9.17, 15) is 4.79 Å². The second-order valence-electron chi connectivity index (χ2n) is 5.47. The fourth-order valence-corrected chi connectivity index (χ4v) is 3.23. The molecule has 0 heterocycles. The lowest BCUT2D eigenvalue weighted by atomic mass is 9.71. The van der Waals surface area contributed by atoms with Crippen molar-refractivity contribution in [3.8, 4) is 0 Å². The van der Waals surface area contributed by atoms with Crippen molar-refractivity contribution in [2.45, 2.75) is 32.1 Å². The van der Waals surface area contributed by atoms with Gasteiger partial charge in [0.05, 0.1) is 0 Å². The molecule has 1 nitrogen and oxygen atoms in total. The molecule has 3 rings (SSSR count). The Balaban J connectivity index is 2.08. The first-order valence-electron chi connectivity index (χ1n) is 6.86. The maximum Gasteiger partial charge on any atom is 0.163 e. The number of Topliss-reactive ketones (excluding diaryl/α,β-unsaturated/α-hetero) is 1. The molecule has 0 amide bonds.